The van der Waals surface area contributed by atoms with Crippen molar-refractivity contribution in [2.75, 3.05) is 13.1 Å². The molecule has 2 unspecified atom stereocenters. The zero-order valence-corrected chi connectivity index (χ0v) is 9.04. The van der Waals surface area contributed by atoms with Gasteiger partial charge in [0.1, 0.15) is 0 Å². The molecule has 14 heavy (non-hydrogen) atoms. The normalized spacial score (nSPS) is 41.8. The van der Waals surface area contributed by atoms with E-state index in [0.717, 1.165) is 11.5 Å². The maximum absolute atomic E-state index is 6.13. The monoisotopic (exact) mass is 194 g/mol. The predicted octanol–water partition coefficient (Wildman–Crippen LogP) is 1.74. The van der Waals surface area contributed by atoms with Gasteiger partial charge < -0.3 is 5.73 Å². The van der Waals surface area contributed by atoms with Crippen LogP contribution >= 0.6 is 0 Å². The van der Waals surface area contributed by atoms with Gasteiger partial charge in [0.25, 0.3) is 0 Å². The first-order valence-corrected chi connectivity index (χ1v) is 6.29. The average molecular weight is 194 g/mol. The second kappa shape index (κ2) is 3.21. The van der Waals surface area contributed by atoms with Crippen LogP contribution in [0.4, 0.5) is 0 Å². The fraction of sp³-hybridized carbons (Fsp3) is 1.00. The topological polar surface area (TPSA) is 29.3 Å². The van der Waals surface area contributed by atoms with E-state index in [9.17, 15) is 0 Å². The predicted molar refractivity (Wildman–Crippen MR) is 58.1 cm³/mol. The molecule has 1 spiro atoms. The molecule has 3 rings (SSSR count). The molecule has 0 aromatic heterocycles. The Labute approximate surface area is 86.8 Å². The van der Waals surface area contributed by atoms with Gasteiger partial charge in [0.15, 0.2) is 0 Å². The Morgan fingerprint density at radius 3 is 2.29 bits per heavy atom. The molecule has 80 valence electrons. The number of nitrogens with two attached hydrogens (primary N) is 1. The summed E-state index contributed by atoms with van der Waals surface area (Å²) in [5.41, 5.74) is 6.89. The van der Waals surface area contributed by atoms with Gasteiger partial charge in [0.2, 0.25) is 0 Å². The molecule has 3 aliphatic rings. The largest absolute Gasteiger partial charge is 0.326 e. The number of likely N-dealkylation sites (tertiary alicyclic amines) is 1. The minimum atomic E-state index is 0.480. The van der Waals surface area contributed by atoms with E-state index in [1.165, 1.54) is 58.0 Å². The highest BCUT2D eigenvalue weighted by Gasteiger charge is 2.48. The molecule has 2 nitrogen and oxygen atoms in total. The molecule has 1 heterocycles. The standard InChI is InChI=1S/C12H22N2/c13-10-4-3-5-11(10)14-8-12(9-14)6-1-2-7-12/h10-11H,1-9,13H2. The Bertz CT molecular complexity index is 212. The molecule has 2 aliphatic carbocycles. The summed E-state index contributed by atoms with van der Waals surface area (Å²) in [4.78, 5) is 2.67. The summed E-state index contributed by atoms with van der Waals surface area (Å²) < 4.78 is 0. The van der Waals surface area contributed by atoms with Crippen LogP contribution in [0.2, 0.25) is 0 Å². The van der Waals surface area contributed by atoms with Crippen molar-refractivity contribution in [1.29, 1.82) is 0 Å². The maximum Gasteiger partial charge on any atom is 0.0247 e. The van der Waals surface area contributed by atoms with E-state index in [1.807, 2.05) is 0 Å². The van der Waals surface area contributed by atoms with Gasteiger partial charge in [-0.25, -0.2) is 0 Å². The van der Waals surface area contributed by atoms with Crippen molar-refractivity contribution in [3.8, 4) is 0 Å². The van der Waals surface area contributed by atoms with Crippen LogP contribution in [0.25, 0.3) is 0 Å². The number of hydrogen-bond donors (Lipinski definition) is 1. The molecule has 2 heteroatoms. The van der Waals surface area contributed by atoms with E-state index in [1.54, 1.807) is 0 Å². The zero-order chi connectivity index (χ0) is 9.60. The van der Waals surface area contributed by atoms with Crippen LogP contribution in [0.5, 0.6) is 0 Å². The second-order valence-corrected chi connectivity index (χ2v) is 5.77. The van der Waals surface area contributed by atoms with Crippen LogP contribution < -0.4 is 5.73 Å². The number of nitrogens with zero attached hydrogens (tertiary/aromatic N) is 1. The summed E-state index contributed by atoms with van der Waals surface area (Å²) >= 11 is 0. The third-order valence-corrected chi connectivity index (χ3v) is 4.74. The minimum Gasteiger partial charge on any atom is -0.326 e. The molecule has 0 aromatic rings. The molecular formula is C12H22N2. The molecule has 1 saturated heterocycles. The quantitative estimate of drug-likeness (QED) is 0.689. The molecule has 1 aliphatic heterocycles. The van der Waals surface area contributed by atoms with Crippen LogP contribution in [0.15, 0.2) is 0 Å². The maximum atomic E-state index is 6.13. The lowest BCUT2D eigenvalue weighted by Gasteiger charge is -2.52. The van der Waals surface area contributed by atoms with E-state index >= 15 is 0 Å². The summed E-state index contributed by atoms with van der Waals surface area (Å²) in [5, 5.41) is 0. The highest BCUT2D eigenvalue weighted by atomic mass is 15.3. The van der Waals surface area contributed by atoms with Crippen molar-refractivity contribution in [2.24, 2.45) is 11.1 Å². The van der Waals surface area contributed by atoms with Crippen molar-refractivity contribution in [3.05, 3.63) is 0 Å². The molecule has 2 N–H and O–H groups in total. The Kier molecular flexibility index (Phi) is 2.10. The van der Waals surface area contributed by atoms with Crippen LogP contribution in [-0.2, 0) is 0 Å². The first kappa shape index (κ1) is 9.17. The molecule has 2 saturated carbocycles. The first-order chi connectivity index (χ1) is 6.79. The van der Waals surface area contributed by atoms with Crippen LogP contribution in [0, 0.1) is 5.41 Å². The molecule has 0 aromatic carbocycles. The molecular weight excluding hydrogens is 172 g/mol. The molecule has 0 radical (unpaired) electrons. The van der Waals surface area contributed by atoms with Gasteiger partial charge in [-0.3, -0.25) is 4.90 Å². The van der Waals surface area contributed by atoms with Gasteiger partial charge in [-0.05, 0) is 31.1 Å². The van der Waals surface area contributed by atoms with Crippen molar-refractivity contribution in [2.45, 2.75) is 57.0 Å². The van der Waals surface area contributed by atoms with Gasteiger partial charge in [0.05, 0.1) is 0 Å². The third-order valence-electron chi connectivity index (χ3n) is 4.74. The van der Waals surface area contributed by atoms with E-state index in [-0.39, 0.29) is 0 Å². The molecule has 3 fully saturated rings. The van der Waals surface area contributed by atoms with Crippen molar-refractivity contribution >= 4 is 0 Å². The lowest BCUT2D eigenvalue weighted by Crippen LogP contribution is -2.61. The first-order valence-electron chi connectivity index (χ1n) is 6.29. The van der Waals surface area contributed by atoms with Crippen molar-refractivity contribution < 1.29 is 0 Å². The smallest absolute Gasteiger partial charge is 0.0247 e. The summed E-state index contributed by atoms with van der Waals surface area (Å²) in [6.07, 6.45) is 9.91. The summed E-state index contributed by atoms with van der Waals surface area (Å²) in [5.74, 6) is 0. The average Bonchev–Trinajstić information content (AvgIpc) is 2.69. The van der Waals surface area contributed by atoms with Crippen LogP contribution in [0.3, 0.4) is 0 Å². The van der Waals surface area contributed by atoms with Crippen LogP contribution in [-0.4, -0.2) is 30.1 Å². The number of hydrogen-bond acceptors (Lipinski definition) is 2. The summed E-state index contributed by atoms with van der Waals surface area (Å²) in [6.45, 7) is 2.73. The molecule has 0 amide bonds. The van der Waals surface area contributed by atoms with E-state index < -0.39 is 0 Å². The zero-order valence-electron chi connectivity index (χ0n) is 9.04. The third kappa shape index (κ3) is 1.31. The van der Waals surface area contributed by atoms with Crippen molar-refractivity contribution in [1.82, 2.24) is 4.90 Å². The Hall–Kier alpha value is -0.0800. The number of rotatable bonds is 1. The van der Waals surface area contributed by atoms with Gasteiger partial charge in [-0.1, -0.05) is 19.3 Å². The lowest BCUT2D eigenvalue weighted by atomic mass is 9.77. The second-order valence-electron chi connectivity index (χ2n) is 5.77. The Morgan fingerprint density at radius 1 is 1.00 bits per heavy atom. The Morgan fingerprint density at radius 2 is 1.71 bits per heavy atom. The fourth-order valence-electron chi connectivity index (χ4n) is 3.91. The highest BCUT2D eigenvalue weighted by Crippen LogP contribution is 2.47. The Balaban J connectivity index is 1.58. The van der Waals surface area contributed by atoms with Crippen LogP contribution in [0.1, 0.15) is 44.9 Å². The lowest BCUT2D eigenvalue weighted by molar-refractivity contribution is -0.0288. The van der Waals surface area contributed by atoms with Gasteiger partial charge >= 0.3 is 0 Å². The fourth-order valence-corrected chi connectivity index (χ4v) is 3.91. The highest BCUT2D eigenvalue weighted by molar-refractivity contribution is 5.03. The van der Waals surface area contributed by atoms with Gasteiger partial charge in [-0.15, -0.1) is 0 Å². The van der Waals surface area contributed by atoms with E-state index in [4.69, 9.17) is 5.73 Å². The van der Waals surface area contributed by atoms with Gasteiger partial charge in [-0.2, -0.15) is 0 Å². The minimum absolute atomic E-state index is 0.480. The van der Waals surface area contributed by atoms with E-state index in [2.05, 4.69) is 4.90 Å². The van der Waals surface area contributed by atoms with Crippen molar-refractivity contribution in [3.63, 3.8) is 0 Å². The summed E-state index contributed by atoms with van der Waals surface area (Å²) in [7, 11) is 0. The molecule has 2 atom stereocenters. The SMILES string of the molecule is NC1CCCC1N1CC2(CCCC2)C1. The molecule has 0 bridgehead atoms. The van der Waals surface area contributed by atoms with E-state index in [0.29, 0.717) is 6.04 Å². The van der Waals surface area contributed by atoms with Gasteiger partial charge in [0, 0.05) is 25.2 Å². The summed E-state index contributed by atoms with van der Waals surface area (Å²) in [6, 6.07) is 1.22.